The number of ether oxygens (including phenoxy) is 1. The second-order valence-corrected chi connectivity index (χ2v) is 6.88. The molecule has 1 fully saturated rings. The summed E-state index contributed by atoms with van der Waals surface area (Å²) in [6, 6.07) is 8.02. The number of methoxy groups -OCH3 is 1. The van der Waals surface area contributed by atoms with Crippen LogP contribution >= 0.6 is 0 Å². The highest BCUT2D eigenvalue weighted by Crippen LogP contribution is 2.40. The lowest BCUT2D eigenvalue weighted by atomic mass is 9.68. The number of carboxylic acids is 1. The van der Waals surface area contributed by atoms with Crippen LogP contribution in [0.3, 0.4) is 0 Å². The summed E-state index contributed by atoms with van der Waals surface area (Å²) in [6.07, 6.45) is 5.21. The highest BCUT2D eigenvalue weighted by molar-refractivity contribution is 5.84. The molecule has 24 heavy (non-hydrogen) atoms. The van der Waals surface area contributed by atoms with Crippen molar-refractivity contribution < 1.29 is 19.4 Å². The van der Waals surface area contributed by atoms with Gasteiger partial charge >= 0.3 is 5.97 Å². The van der Waals surface area contributed by atoms with E-state index < -0.39 is 11.9 Å². The van der Waals surface area contributed by atoms with E-state index in [2.05, 4.69) is 6.07 Å². The summed E-state index contributed by atoms with van der Waals surface area (Å²) in [5, 5.41) is 9.20. The predicted molar refractivity (Wildman–Crippen MR) is 93.2 cm³/mol. The number of para-hydroxylation sites is 1. The van der Waals surface area contributed by atoms with Crippen LogP contribution in [-0.2, 0) is 16.0 Å². The molecule has 1 aliphatic carbocycles. The fourth-order valence-corrected chi connectivity index (χ4v) is 3.64. The summed E-state index contributed by atoms with van der Waals surface area (Å²) >= 11 is 0. The van der Waals surface area contributed by atoms with Crippen LogP contribution in [0.2, 0.25) is 0 Å². The first kappa shape index (κ1) is 18.5. The van der Waals surface area contributed by atoms with Crippen molar-refractivity contribution in [2.75, 3.05) is 7.11 Å². The molecule has 1 aromatic rings. The maximum atomic E-state index is 12.3. The first-order chi connectivity index (χ1) is 11.5. The minimum absolute atomic E-state index is 0.102. The maximum absolute atomic E-state index is 12.3. The molecule has 0 spiro atoms. The Balaban J connectivity index is 1.87. The summed E-state index contributed by atoms with van der Waals surface area (Å²) in [6.45, 7) is 1.95. The quantitative estimate of drug-likeness (QED) is 0.700. The molecule has 0 saturated heterocycles. The van der Waals surface area contributed by atoms with E-state index in [-0.39, 0.29) is 12.2 Å². The van der Waals surface area contributed by atoms with Crippen molar-refractivity contribution >= 4 is 11.8 Å². The maximum Gasteiger partial charge on any atom is 0.306 e. The Bertz CT molecular complexity index is 567. The summed E-state index contributed by atoms with van der Waals surface area (Å²) < 4.78 is 5.40. The lowest BCUT2D eigenvalue weighted by molar-refractivity contribution is -0.144. The molecule has 0 amide bonds. The Morgan fingerprint density at radius 2 is 1.96 bits per heavy atom. The number of carbonyl (C=O) groups is 2. The van der Waals surface area contributed by atoms with E-state index in [1.54, 1.807) is 7.11 Å². The van der Waals surface area contributed by atoms with Gasteiger partial charge in [-0.2, -0.15) is 0 Å². The zero-order chi connectivity index (χ0) is 17.5. The minimum atomic E-state index is -0.843. The van der Waals surface area contributed by atoms with Crippen molar-refractivity contribution in [3.63, 3.8) is 0 Å². The average molecular weight is 332 g/mol. The smallest absolute Gasteiger partial charge is 0.306 e. The van der Waals surface area contributed by atoms with Crippen LogP contribution in [0.1, 0.15) is 51.0 Å². The van der Waals surface area contributed by atoms with Gasteiger partial charge in [-0.3, -0.25) is 9.59 Å². The summed E-state index contributed by atoms with van der Waals surface area (Å²) in [5.41, 5.74) is 1.19. The second-order valence-electron chi connectivity index (χ2n) is 6.88. The number of carbonyl (C=O) groups excluding carboxylic acids is 1. The van der Waals surface area contributed by atoms with E-state index >= 15 is 0 Å². The van der Waals surface area contributed by atoms with E-state index in [1.807, 2.05) is 25.1 Å². The number of rotatable bonds is 10. The Morgan fingerprint density at radius 1 is 1.25 bits per heavy atom. The van der Waals surface area contributed by atoms with Crippen molar-refractivity contribution in [3.05, 3.63) is 29.8 Å². The first-order valence-corrected chi connectivity index (χ1v) is 8.91. The van der Waals surface area contributed by atoms with Gasteiger partial charge in [0.2, 0.25) is 0 Å². The van der Waals surface area contributed by atoms with E-state index in [0.717, 1.165) is 31.4 Å². The van der Waals surface area contributed by atoms with Gasteiger partial charge in [-0.25, -0.2) is 0 Å². The zero-order valence-electron chi connectivity index (χ0n) is 14.7. The SMILES string of the molecule is CCCC(CC(=O)CC1CCC1Cc1ccccc1OC)C(=O)O. The number of ketones is 1. The van der Waals surface area contributed by atoms with Crippen LogP contribution in [0.15, 0.2) is 24.3 Å². The molecular weight excluding hydrogens is 304 g/mol. The van der Waals surface area contributed by atoms with E-state index in [9.17, 15) is 14.7 Å². The number of carboxylic acid groups (broad SMARTS) is 1. The molecule has 0 radical (unpaired) electrons. The van der Waals surface area contributed by atoms with Crippen LogP contribution in [0.5, 0.6) is 5.75 Å². The molecule has 0 aromatic heterocycles. The van der Waals surface area contributed by atoms with Gasteiger partial charge in [-0.1, -0.05) is 31.5 Å². The van der Waals surface area contributed by atoms with Crippen molar-refractivity contribution in [2.24, 2.45) is 17.8 Å². The van der Waals surface area contributed by atoms with Crippen LogP contribution in [0.25, 0.3) is 0 Å². The molecule has 0 heterocycles. The highest BCUT2D eigenvalue weighted by atomic mass is 16.5. The van der Waals surface area contributed by atoms with Crippen LogP contribution in [0.4, 0.5) is 0 Å². The fraction of sp³-hybridized carbons (Fsp3) is 0.600. The van der Waals surface area contributed by atoms with Gasteiger partial charge in [0, 0.05) is 12.8 Å². The number of aliphatic carboxylic acids is 1. The molecule has 132 valence electrons. The molecule has 0 aliphatic heterocycles. The fourth-order valence-electron chi connectivity index (χ4n) is 3.64. The summed E-state index contributed by atoms with van der Waals surface area (Å²) in [4.78, 5) is 23.5. The molecule has 2 rings (SSSR count). The van der Waals surface area contributed by atoms with Crippen molar-refractivity contribution in [2.45, 2.75) is 51.9 Å². The molecular formula is C20H28O4. The van der Waals surface area contributed by atoms with Crippen LogP contribution in [0, 0.1) is 17.8 Å². The molecule has 1 saturated carbocycles. The summed E-state index contributed by atoms with van der Waals surface area (Å²) in [7, 11) is 1.68. The predicted octanol–water partition coefficient (Wildman–Crippen LogP) is 4.11. The Hall–Kier alpha value is -1.84. The van der Waals surface area contributed by atoms with Crippen LogP contribution in [-0.4, -0.2) is 24.0 Å². The largest absolute Gasteiger partial charge is 0.496 e. The zero-order valence-corrected chi connectivity index (χ0v) is 14.7. The van der Waals surface area contributed by atoms with Gasteiger partial charge in [0.15, 0.2) is 0 Å². The van der Waals surface area contributed by atoms with E-state index in [0.29, 0.717) is 24.7 Å². The van der Waals surface area contributed by atoms with Gasteiger partial charge < -0.3 is 9.84 Å². The van der Waals surface area contributed by atoms with E-state index in [1.165, 1.54) is 5.56 Å². The molecule has 1 N–H and O–H groups in total. The second kappa shape index (κ2) is 8.86. The third-order valence-corrected chi connectivity index (χ3v) is 5.20. The van der Waals surface area contributed by atoms with Gasteiger partial charge in [0.25, 0.3) is 0 Å². The topological polar surface area (TPSA) is 63.6 Å². The molecule has 1 aromatic carbocycles. The van der Waals surface area contributed by atoms with Crippen molar-refractivity contribution in [1.29, 1.82) is 0 Å². The number of hydrogen-bond acceptors (Lipinski definition) is 3. The monoisotopic (exact) mass is 332 g/mol. The minimum Gasteiger partial charge on any atom is -0.496 e. The normalized spacial score (nSPS) is 20.9. The van der Waals surface area contributed by atoms with Crippen molar-refractivity contribution in [3.8, 4) is 5.75 Å². The molecule has 4 heteroatoms. The lowest BCUT2D eigenvalue weighted by Gasteiger charge is -2.37. The standard InChI is InChI=1S/C20H28O4/c1-3-6-17(20(22)23)13-18(21)12-15-10-9-14(15)11-16-7-4-5-8-19(16)24-2/h4-5,7-8,14-15,17H,3,6,9-13H2,1-2H3,(H,22,23). The molecule has 0 bridgehead atoms. The van der Waals surface area contributed by atoms with Gasteiger partial charge in [0.1, 0.15) is 11.5 Å². The Labute approximate surface area is 144 Å². The van der Waals surface area contributed by atoms with Gasteiger partial charge in [0.05, 0.1) is 13.0 Å². The number of Topliss-reactive ketones (excluding diaryl/α,β-unsaturated/α-hetero) is 1. The Kier molecular flexibility index (Phi) is 6.83. The third-order valence-electron chi connectivity index (χ3n) is 5.20. The highest BCUT2D eigenvalue weighted by Gasteiger charge is 2.33. The van der Waals surface area contributed by atoms with Gasteiger partial charge in [-0.05, 0) is 49.1 Å². The molecule has 3 atom stereocenters. The number of hydrogen-bond donors (Lipinski definition) is 1. The average Bonchev–Trinajstić information content (AvgIpc) is 2.56. The first-order valence-electron chi connectivity index (χ1n) is 8.91. The Morgan fingerprint density at radius 3 is 2.54 bits per heavy atom. The number of benzene rings is 1. The lowest BCUT2D eigenvalue weighted by Crippen LogP contribution is -2.31. The molecule has 3 unspecified atom stereocenters. The third kappa shape index (κ3) is 4.83. The van der Waals surface area contributed by atoms with Gasteiger partial charge in [-0.15, -0.1) is 0 Å². The van der Waals surface area contributed by atoms with Crippen LogP contribution < -0.4 is 4.74 Å². The molecule has 1 aliphatic rings. The molecule has 4 nitrogen and oxygen atoms in total. The summed E-state index contributed by atoms with van der Waals surface area (Å²) in [5.74, 6) is 0.534. The van der Waals surface area contributed by atoms with E-state index in [4.69, 9.17) is 4.74 Å². The van der Waals surface area contributed by atoms with Crippen molar-refractivity contribution in [1.82, 2.24) is 0 Å².